The minimum atomic E-state index is -5.21. The summed E-state index contributed by atoms with van der Waals surface area (Å²) in [5.74, 6) is -2.65. The fourth-order valence-corrected chi connectivity index (χ4v) is 4.29. The summed E-state index contributed by atoms with van der Waals surface area (Å²) < 4.78 is 55.9. The van der Waals surface area contributed by atoms with Crippen molar-refractivity contribution in [3.05, 3.63) is 74.6 Å². The molecule has 0 fully saturated rings. The Labute approximate surface area is 212 Å². The highest BCUT2D eigenvalue weighted by Crippen LogP contribution is 2.30. The Kier molecular flexibility index (Phi) is 7.87. The molecule has 0 radical (unpaired) electrons. The molecule has 3 aromatic rings. The van der Waals surface area contributed by atoms with Crippen molar-refractivity contribution in [3.8, 4) is 5.69 Å². The molecular formula is C21H17Br2F4N5O3. The molecule has 1 heterocycles. The number of alkyl halides is 3. The van der Waals surface area contributed by atoms with E-state index in [-0.39, 0.29) is 16.9 Å². The third-order valence-corrected chi connectivity index (χ3v) is 6.24. The molecule has 35 heavy (non-hydrogen) atoms. The van der Waals surface area contributed by atoms with Crippen molar-refractivity contribution in [2.24, 2.45) is 0 Å². The van der Waals surface area contributed by atoms with Crippen LogP contribution in [0.2, 0.25) is 0 Å². The average Bonchev–Trinajstić information content (AvgIpc) is 3.17. The van der Waals surface area contributed by atoms with E-state index in [1.807, 2.05) is 10.6 Å². The highest BCUT2D eigenvalue weighted by molar-refractivity contribution is 9.11. The molecule has 0 saturated heterocycles. The molecule has 186 valence electrons. The van der Waals surface area contributed by atoms with Crippen LogP contribution in [-0.4, -0.2) is 51.6 Å². The van der Waals surface area contributed by atoms with Crippen molar-refractivity contribution < 1.29 is 32.3 Å². The number of nitrogens with zero attached hydrogens (tertiary/aromatic N) is 2. The number of amides is 2. The van der Waals surface area contributed by atoms with Gasteiger partial charge in [0.1, 0.15) is 17.2 Å². The number of benzene rings is 2. The fourth-order valence-electron chi connectivity index (χ4n) is 2.94. The molecule has 14 heteroatoms. The van der Waals surface area contributed by atoms with Crippen molar-refractivity contribution in [3.63, 3.8) is 0 Å². The lowest BCUT2D eigenvalue weighted by Crippen LogP contribution is -2.59. The normalized spacial score (nSPS) is 13.2. The molecular weight excluding hydrogens is 606 g/mol. The molecule has 2 amide bonds. The predicted octanol–water partition coefficient (Wildman–Crippen LogP) is 3.57. The van der Waals surface area contributed by atoms with Crippen molar-refractivity contribution >= 4 is 49.5 Å². The first kappa shape index (κ1) is 26.6. The van der Waals surface area contributed by atoms with Gasteiger partial charge in [0.25, 0.3) is 11.8 Å². The van der Waals surface area contributed by atoms with Gasteiger partial charge in [0.05, 0.1) is 30.5 Å². The maximum atomic E-state index is 13.7. The van der Waals surface area contributed by atoms with E-state index in [2.05, 4.69) is 37.0 Å². The molecule has 1 aromatic heterocycles. The Morgan fingerprint density at radius 2 is 1.54 bits per heavy atom. The molecule has 0 aliphatic heterocycles. The second kappa shape index (κ2) is 10.3. The summed E-state index contributed by atoms with van der Waals surface area (Å²) in [6.45, 7) is -2.53. The average molecular weight is 623 g/mol. The Balaban J connectivity index is 1.73. The zero-order valence-electron chi connectivity index (χ0n) is 17.5. The number of aliphatic hydroxyl groups is 1. The third kappa shape index (κ3) is 5.82. The Hall–Kier alpha value is -2.97. The molecule has 5 N–H and O–H groups in total. The molecule has 8 nitrogen and oxygen atoms in total. The number of nitrogens with two attached hydrogens (primary N) is 1. The van der Waals surface area contributed by atoms with E-state index in [9.17, 15) is 32.3 Å². The number of rotatable bonds is 7. The first-order valence-electron chi connectivity index (χ1n) is 9.73. The van der Waals surface area contributed by atoms with Crippen LogP contribution in [0.3, 0.4) is 0 Å². The van der Waals surface area contributed by atoms with Gasteiger partial charge in [0, 0.05) is 8.95 Å². The van der Waals surface area contributed by atoms with Crippen LogP contribution >= 0.6 is 31.9 Å². The molecule has 0 aliphatic rings. The smallest absolute Gasteiger partial charge is 0.383 e. The summed E-state index contributed by atoms with van der Waals surface area (Å²) in [5, 5.41) is 18.2. The standard InChI is InChI=1S/C21H17Br2F4N5O3/c22-14-2-1-3-15(23)16(14)19(34)30-10-20(35,21(25,26)27)9-29-18(33)13-8-31-32(17(13)28)12-6-4-11(24)5-7-12/h1-8,35H,9-10,28H2,(H,29,33)(H,30,34). The fraction of sp³-hybridized carbons (Fsp3) is 0.190. The van der Waals surface area contributed by atoms with E-state index in [0.29, 0.717) is 14.6 Å². The Morgan fingerprint density at radius 3 is 2.09 bits per heavy atom. The van der Waals surface area contributed by atoms with Crippen molar-refractivity contribution in [2.45, 2.75) is 11.8 Å². The molecule has 1 atom stereocenters. The van der Waals surface area contributed by atoms with Crippen LogP contribution < -0.4 is 16.4 Å². The van der Waals surface area contributed by atoms with Crippen molar-refractivity contribution in [2.75, 3.05) is 18.8 Å². The van der Waals surface area contributed by atoms with E-state index in [0.717, 1.165) is 23.0 Å². The van der Waals surface area contributed by atoms with Crippen molar-refractivity contribution in [1.82, 2.24) is 20.4 Å². The van der Waals surface area contributed by atoms with Crippen molar-refractivity contribution in [1.29, 1.82) is 0 Å². The highest BCUT2D eigenvalue weighted by Gasteiger charge is 2.54. The minimum absolute atomic E-state index is 0.0297. The predicted molar refractivity (Wildman–Crippen MR) is 125 cm³/mol. The van der Waals surface area contributed by atoms with Gasteiger partial charge in [-0.3, -0.25) is 9.59 Å². The number of nitrogens with one attached hydrogen (secondary N) is 2. The van der Waals surface area contributed by atoms with Gasteiger partial charge in [-0.25, -0.2) is 9.07 Å². The molecule has 2 aromatic carbocycles. The summed E-state index contributed by atoms with van der Waals surface area (Å²) in [5.41, 5.74) is 2.47. The summed E-state index contributed by atoms with van der Waals surface area (Å²) in [4.78, 5) is 24.9. The van der Waals surface area contributed by atoms with E-state index < -0.39 is 42.5 Å². The van der Waals surface area contributed by atoms with Crippen LogP contribution in [-0.2, 0) is 0 Å². The van der Waals surface area contributed by atoms with Gasteiger partial charge in [-0.05, 0) is 68.3 Å². The van der Waals surface area contributed by atoms with Gasteiger partial charge in [-0.2, -0.15) is 18.3 Å². The third-order valence-electron chi connectivity index (χ3n) is 4.92. The van der Waals surface area contributed by atoms with Gasteiger partial charge in [0.15, 0.2) is 5.60 Å². The summed E-state index contributed by atoms with van der Waals surface area (Å²) >= 11 is 6.28. The number of hydrogen-bond acceptors (Lipinski definition) is 5. The van der Waals surface area contributed by atoms with Gasteiger partial charge >= 0.3 is 6.18 Å². The topological polar surface area (TPSA) is 122 Å². The lowest BCUT2D eigenvalue weighted by molar-refractivity contribution is -0.254. The lowest BCUT2D eigenvalue weighted by atomic mass is 10.0. The molecule has 0 spiro atoms. The number of hydrogen-bond donors (Lipinski definition) is 4. The number of aromatic nitrogens is 2. The number of anilines is 1. The molecule has 0 saturated carbocycles. The SMILES string of the molecule is Nc1c(C(=O)NCC(O)(CNC(=O)c2c(Br)cccc2Br)C(F)(F)F)cnn1-c1ccc(F)cc1. The van der Waals surface area contributed by atoms with Gasteiger partial charge < -0.3 is 21.5 Å². The Morgan fingerprint density at radius 1 is 1.00 bits per heavy atom. The number of nitrogen functional groups attached to an aromatic ring is 1. The minimum Gasteiger partial charge on any atom is -0.383 e. The maximum Gasteiger partial charge on any atom is 0.420 e. The maximum absolute atomic E-state index is 13.7. The number of carbonyl (C=O) groups excluding carboxylic acids is 2. The van der Waals surface area contributed by atoms with Crippen LogP contribution in [0, 0.1) is 5.82 Å². The van der Waals surface area contributed by atoms with Gasteiger partial charge in [0.2, 0.25) is 0 Å². The number of halogens is 6. The van der Waals surface area contributed by atoms with E-state index in [1.54, 1.807) is 6.07 Å². The van der Waals surface area contributed by atoms with Gasteiger partial charge in [-0.1, -0.05) is 6.07 Å². The summed E-state index contributed by atoms with van der Waals surface area (Å²) in [7, 11) is 0. The van der Waals surface area contributed by atoms with Gasteiger partial charge in [-0.15, -0.1) is 0 Å². The molecule has 1 unspecified atom stereocenters. The molecule has 3 rings (SSSR count). The summed E-state index contributed by atoms with van der Waals surface area (Å²) in [6.07, 6.45) is -4.19. The molecule has 0 bridgehead atoms. The van der Waals surface area contributed by atoms with E-state index in [4.69, 9.17) is 5.73 Å². The number of carbonyl (C=O) groups is 2. The van der Waals surface area contributed by atoms with E-state index >= 15 is 0 Å². The Bertz CT molecular complexity index is 1230. The van der Waals surface area contributed by atoms with Crippen LogP contribution in [0.5, 0.6) is 0 Å². The second-order valence-electron chi connectivity index (χ2n) is 7.32. The quantitative estimate of drug-likeness (QED) is 0.300. The monoisotopic (exact) mass is 621 g/mol. The van der Waals surface area contributed by atoms with E-state index in [1.165, 1.54) is 24.3 Å². The zero-order chi connectivity index (χ0) is 26.0. The lowest BCUT2D eigenvalue weighted by Gasteiger charge is -2.30. The summed E-state index contributed by atoms with van der Waals surface area (Å²) in [6, 6.07) is 9.61. The second-order valence-corrected chi connectivity index (χ2v) is 9.03. The van der Waals surface area contributed by atoms with Crippen LogP contribution in [0.25, 0.3) is 5.69 Å². The largest absolute Gasteiger partial charge is 0.420 e. The first-order chi connectivity index (χ1) is 16.3. The first-order valence-corrected chi connectivity index (χ1v) is 11.3. The highest BCUT2D eigenvalue weighted by atomic mass is 79.9. The van der Waals surface area contributed by atoms with Crippen LogP contribution in [0.15, 0.2) is 57.6 Å². The van der Waals surface area contributed by atoms with Crippen LogP contribution in [0.4, 0.5) is 23.4 Å². The zero-order valence-corrected chi connectivity index (χ0v) is 20.7. The molecule has 0 aliphatic carbocycles. The van der Waals surface area contributed by atoms with Crippen LogP contribution in [0.1, 0.15) is 20.7 Å².